The fourth-order valence-corrected chi connectivity index (χ4v) is 1.97. The Bertz CT molecular complexity index is 516. The Kier molecular flexibility index (Phi) is 5.28. The molecule has 0 spiro atoms. The molecule has 4 heteroatoms. The van der Waals surface area contributed by atoms with Crippen molar-refractivity contribution in [3.05, 3.63) is 29.3 Å². The van der Waals surface area contributed by atoms with Crippen LogP contribution in [-0.2, 0) is 4.79 Å². The summed E-state index contributed by atoms with van der Waals surface area (Å²) in [7, 11) is 0. The van der Waals surface area contributed by atoms with Gasteiger partial charge in [-0.05, 0) is 36.2 Å². The molecule has 20 heavy (non-hydrogen) atoms. The summed E-state index contributed by atoms with van der Waals surface area (Å²) < 4.78 is 0. The molecule has 110 valence electrons. The van der Waals surface area contributed by atoms with Crippen LogP contribution in [0.2, 0.25) is 0 Å². The largest absolute Gasteiger partial charge is 0.332 e. The first kappa shape index (κ1) is 16.6. The Morgan fingerprint density at radius 2 is 1.85 bits per heavy atom. The van der Waals surface area contributed by atoms with Gasteiger partial charge < -0.3 is 10.6 Å². The summed E-state index contributed by atoms with van der Waals surface area (Å²) in [4.78, 5) is 11.9. The lowest BCUT2D eigenvalue weighted by atomic mass is 9.96. The zero-order valence-corrected chi connectivity index (χ0v) is 13.9. The van der Waals surface area contributed by atoms with Crippen LogP contribution in [0.25, 0.3) is 0 Å². The van der Waals surface area contributed by atoms with Crippen LogP contribution < -0.4 is 10.6 Å². The molecule has 0 fully saturated rings. The van der Waals surface area contributed by atoms with Gasteiger partial charge in [0, 0.05) is 11.1 Å². The summed E-state index contributed by atoms with van der Waals surface area (Å²) in [6.07, 6.45) is 0. The molecule has 0 radical (unpaired) electrons. The minimum atomic E-state index is -0.460. The number of rotatable bonds is 2. The highest BCUT2D eigenvalue weighted by atomic mass is 32.1. The van der Waals surface area contributed by atoms with Crippen molar-refractivity contribution in [2.75, 3.05) is 5.32 Å². The first-order valence-electron chi connectivity index (χ1n) is 6.85. The van der Waals surface area contributed by atoms with E-state index in [2.05, 4.69) is 30.5 Å². The molecule has 2 N–H and O–H groups in total. The Morgan fingerprint density at radius 3 is 2.35 bits per heavy atom. The zero-order chi connectivity index (χ0) is 15.5. The lowest BCUT2D eigenvalue weighted by Gasteiger charge is -2.21. The SMILES string of the molecule is Cc1cccc(C(C)C)c1NC(=S)NC(=O)C(C)(C)C. The van der Waals surface area contributed by atoms with Gasteiger partial charge in [0.15, 0.2) is 5.11 Å². The van der Waals surface area contributed by atoms with Crippen LogP contribution in [0.3, 0.4) is 0 Å². The van der Waals surface area contributed by atoms with E-state index in [1.165, 1.54) is 5.56 Å². The average Bonchev–Trinajstić information content (AvgIpc) is 2.30. The van der Waals surface area contributed by atoms with Crippen LogP contribution in [0.15, 0.2) is 18.2 Å². The third-order valence-electron chi connectivity index (χ3n) is 3.07. The molecule has 0 aliphatic rings. The Hall–Kier alpha value is -1.42. The van der Waals surface area contributed by atoms with Crippen molar-refractivity contribution in [3.63, 3.8) is 0 Å². The minimum absolute atomic E-state index is 0.0883. The number of benzene rings is 1. The maximum absolute atomic E-state index is 11.9. The van der Waals surface area contributed by atoms with E-state index in [1.54, 1.807) is 0 Å². The van der Waals surface area contributed by atoms with E-state index in [1.807, 2.05) is 39.8 Å². The van der Waals surface area contributed by atoms with Gasteiger partial charge in [-0.15, -0.1) is 0 Å². The van der Waals surface area contributed by atoms with Gasteiger partial charge in [0.1, 0.15) is 0 Å². The highest BCUT2D eigenvalue weighted by molar-refractivity contribution is 7.80. The van der Waals surface area contributed by atoms with Crippen molar-refractivity contribution in [1.29, 1.82) is 0 Å². The average molecular weight is 292 g/mol. The third-order valence-corrected chi connectivity index (χ3v) is 3.28. The molecule has 0 aliphatic carbocycles. The van der Waals surface area contributed by atoms with E-state index in [-0.39, 0.29) is 5.91 Å². The Balaban J connectivity index is 2.89. The molecule has 1 amide bonds. The van der Waals surface area contributed by atoms with Crippen molar-refractivity contribution in [2.24, 2.45) is 5.41 Å². The topological polar surface area (TPSA) is 41.1 Å². The lowest BCUT2D eigenvalue weighted by Crippen LogP contribution is -2.41. The minimum Gasteiger partial charge on any atom is -0.332 e. The monoisotopic (exact) mass is 292 g/mol. The standard InChI is InChI=1S/C16H24N2OS/c1-10(2)12-9-7-8-11(3)13(12)17-15(20)18-14(19)16(4,5)6/h7-10H,1-6H3,(H2,17,18,19,20). The number of hydrogen-bond acceptors (Lipinski definition) is 2. The van der Waals surface area contributed by atoms with E-state index < -0.39 is 5.41 Å². The summed E-state index contributed by atoms with van der Waals surface area (Å²) in [5, 5.41) is 6.25. The van der Waals surface area contributed by atoms with Gasteiger partial charge in [-0.3, -0.25) is 4.79 Å². The summed E-state index contributed by atoms with van der Waals surface area (Å²) in [5.41, 5.74) is 2.83. The van der Waals surface area contributed by atoms with E-state index in [0.29, 0.717) is 11.0 Å². The van der Waals surface area contributed by atoms with Crippen molar-refractivity contribution in [1.82, 2.24) is 5.32 Å². The van der Waals surface area contributed by atoms with Crippen LogP contribution >= 0.6 is 12.2 Å². The van der Waals surface area contributed by atoms with Gasteiger partial charge in [0.25, 0.3) is 0 Å². The second-order valence-electron chi connectivity index (χ2n) is 6.35. The van der Waals surface area contributed by atoms with Gasteiger partial charge in [0.2, 0.25) is 5.91 Å². The maximum atomic E-state index is 11.9. The van der Waals surface area contributed by atoms with Crippen molar-refractivity contribution in [3.8, 4) is 0 Å². The first-order chi connectivity index (χ1) is 9.12. The van der Waals surface area contributed by atoms with Gasteiger partial charge in [-0.1, -0.05) is 52.8 Å². The second kappa shape index (κ2) is 6.35. The molecule has 3 nitrogen and oxygen atoms in total. The molecule has 0 aliphatic heterocycles. The number of anilines is 1. The van der Waals surface area contributed by atoms with Crippen LogP contribution in [0.4, 0.5) is 5.69 Å². The van der Waals surface area contributed by atoms with Crippen LogP contribution in [0.1, 0.15) is 51.7 Å². The predicted octanol–water partition coefficient (Wildman–Crippen LogP) is 3.98. The molecule has 0 unspecified atom stereocenters. The molecule has 0 bridgehead atoms. The maximum Gasteiger partial charge on any atom is 0.231 e. The van der Waals surface area contributed by atoms with E-state index in [9.17, 15) is 4.79 Å². The number of nitrogens with one attached hydrogen (secondary N) is 2. The quantitative estimate of drug-likeness (QED) is 0.810. The molecule has 0 aromatic heterocycles. The molecule has 1 rings (SSSR count). The predicted molar refractivity (Wildman–Crippen MR) is 89.1 cm³/mol. The number of amides is 1. The van der Waals surface area contributed by atoms with Gasteiger partial charge in [-0.2, -0.15) is 0 Å². The molecule has 0 saturated heterocycles. The van der Waals surface area contributed by atoms with Gasteiger partial charge >= 0.3 is 0 Å². The molecule has 0 saturated carbocycles. The van der Waals surface area contributed by atoms with Crippen LogP contribution in [0, 0.1) is 12.3 Å². The van der Waals surface area contributed by atoms with E-state index in [4.69, 9.17) is 12.2 Å². The van der Waals surface area contributed by atoms with Crippen LogP contribution in [0.5, 0.6) is 0 Å². The normalized spacial score (nSPS) is 11.3. The Labute approximate surface area is 127 Å². The number of para-hydroxylation sites is 1. The number of hydrogen-bond donors (Lipinski definition) is 2. The van der Waals surface area contributed by atoms with Crippen LogP contribution in [-0.4, -0.2) is 11.0 Å². The number of aryl methyl sites for hydroxylation is 1. The van der Waals surface area contributed by atoms with Crippen molar-refractivity contribution >= 4 is 28.9 Å². The highest BCUT2D eigenvalue weighted by Crippen LogP contribution is 2.27. The lowest BCUT2D eigenvalue weighted by molar-refractivity contribution is -0.126. The molecule has 0 atom stereocenters. The zero-order valence-electron chi connectivity index (χ0n) is 13.1. The summed E-state index contributed by atoms with van der Waals surface area (Å²) in [5.74, 6) is 0.299. The molecule has 1 aromatic carbocycles. The van der Waals surface area contributed by atoms with E-state index in [0.717, 1.165) is 11.3 Å². The summed E-state index contributed by atoms with van der Waals surface area (Å²) >= 11 is 5.24. The van der Waals surface area contributed by atoms with Crippen molar-refractivity contribution in [2.45, 2.75) is 47.5 Å². The third kappa shape index (κ3) is 4.30. The van der Waals surface area contributed by atoms with Gasteiger partial charge in [-0.25, -0.2) is 0 Å². The number of carbonyl (C=O) groups excluding carboxylic acids is 1. The van der Waals surface area contributed by atoms with Gasteiger partial charge in [0.05, 0.1) is 0 Å². The fourth-order valence-electron chi connectivity index (χ4n) is 1.78. The second-order valence-corrected chi connectivity index (χ2v) is 6.76. The number of thiocarbonyl (C=S) groups is 1. The molecule has 1 aromatic rings. The van der Waals surface area contributed by atoms with Crippen molar-refractivity contribution < 1.29 is 4.79 Å². The smallest absolute Gasteiger partial charge is 0.231 e. The number of carbonyl (C=O) groups is 1. The van der Waals surface area contributed by atoms with E-state index >= 15 is 0 Å². The molecule has 0 heterocycles. The highest BCUT2D eigenvalue weighted by Gasteiger charge is 2.22. The molecular weight excluding hydrogens is 268 g/mol. The summed E-state index contributed by atoms with van der Waals surface area (Å²) in [6, 6.07) is 6.14. The first-order valence-corrected chi connectivity index (χ1v) is 7.25. The summed E-state index contributed by atoms with van der Waals surface area (Å²) in [6.45, 7) is 11.9. The fraction of sp³-hybridized carbons (Fsp3) is 0.500. The Morgan fingerprint density at radius 1 is 1.25 bits per heavy atom. The molecular formula is C16H24N2OS.